The molecule has 1 aliphatic carbocycles. The van der Waals surface area contributed by atoms with Crippen molar-refractivity contribution in [2.45, 2.75) is 98.3 Å². The fourth-order valence-electron chi connectivity index (χ4n) is 5.00. The zero-order valence-corrected chi connectivity index (χ0v) is 20.7. The molecule has 182 valence electrons. The van der Waals surface area contributed by atoms with Gasteiger partial charge in [-0.15, -0.1) is 0 Å². The molecular weight excluding hydrogens is 404 g/mol. The van der Waals surface area contributed by atoms with Crippen molar-refractivity contribution in [1.82, 2.24) is 10.2 Å². The van der Waals surface area contributed by atoms with E-state index in [1.807, 2.05) is 17.9 Å². The number of ether oxygens (including phenoxy) is 1. The fourth-order valence-corrected chi connectivity index (χ4v) is 5.00. The van der Waals surface area contributed by atoms with E-state index in [9.17, 15) is 14.4 Å². The molecule has 2 atom stereocenters. The van der Waals surface area contributed by atoms with E-state index < -0.39 is 11.3 Å². The number of allylic oxidation sites excluding steroid dienone is 1. The fraction of sp³-hybridized carbons (Fsp3) is 0.808. The van der Waals surface area contributed by atoms with Crippen LogP contribution in [-0.4, -0.2) is 42.4 Å². The maximum atomic E-state index is 13.4. The SMILES string of the molecule is CCCCCCCCN1C(=O)[C@H](CC(=O)NCCC(C)C)C[C@@]2(C(=O)OCC)CCC=C12. The zero-order chi connectivity index (χ0) is 23.6. The van der Waals surface area contributed by atoms with Crippen LogP contribution in [0.4, 0.5) is 0 Å². The number of carbonyl (C=O) groups excluding carboxylic acids is 3. The highest BCUT2D eigenvalue weighted by Crippen LogP contribution is 2.51. The first-order valence-corrected chi connectivity index (χ1v) is 12.8. The Morgan fingerprint density at radius 3 is 2.59 bits per heavy atom. The Kier molecular flexibility index (Phi) is 10.7. The van der Waals surface area contributed by atoms with E-state index >= 15 is 0 Å². The van der Waals surface area contributed by atoms with Gasteiger partial charge in [-0.3, -0.25) is 14.4 Å². The minimum atomic E-state index is -0.783. The van der Waals surface area contributed by atoms with Gasteiger partial charge in [0.25, 0.3) is 0 Å². The zero-order valence-electron chi connectivity index (χ0n) is 20.7. The molecule has 1 aliphatic heterocycles. The minimum absolute atomic E-state index is 0.00867. The molecule has 32 heavy (non-hydrogen) atoms. The molecule has 0 spiro atoms. The predicted molar refractivity (Wildman–Crippen MR) is 127 cm³/mol. The number of hydrogen-bond acceptors (Lipinski definition) is 4. The van der Waals surface area contributed by atoms with E-state index in [2.05, 4.69) is 26.1 Å². The Labute approximate surface area is 194 Å². The normalized spacial score (nSPS) is 22.7. The first-order valence-electron chi connectivity index (χ1n) is 12.8. The summed E-state index contributed by atoms with van der Waals surface area (Å²) in [6, 6.07) is 0. The average Bonchev–Trinajstić information content (AvgIpc) is 3.17. The summed E-state index contributed by atoms with van der Waals surface area (Å²) in [4.78, 5) is 40.9. The van der Waals surface area contributed by atoms with E-state index in [1.165, 1.54) is 25.7 Å². The highest BCUT2D eigenvalue weighted by atomic mass is 16.5. The number of nitrogens with one attached hydrogen (secondary N) is 1. The van der Waals surface area contributed by atoms with Gasteiger partial charge in [-0.25, -0.2) is 0 Å². The summed E-state index contributed by atoms with van der Waals surface area (Å²) in [5.41, 5.74) is 0.0422. The molecule has 1 N–H and O–H groups in total. The molecule has 1 heterocycles. The second-order valence-electron chi connectivity index (χ2n) is 9.83. The number of piperidine rings is 1. The summed E-state index contributed by atoms with van der Waals surface area (Å²) >= 11 is 0. The van der Waals surface area contributed by atoms with Gasteiger partial charge in [-0.1, -0.05) is 59.0 Å². The Balaban J connectivity index is 2.11. The van der Waals surface area contributed by atoms with Crippen LogP contribution in [0, 0.1) is 17.3 Å². The maximum absolute atomic E-state index is 13.4. The molecule has 0 bridgehead atoms. The van der Waals surface area contributed by atoms with E-state index in [4.69, 9.17) is 4.74 Å². The van der Waals surface area contributed by atoms with Crippen molar-refractivity contribution in [2.75, 3.05) is 19.7 Å². The minimum Gasteiger partial charge on any atom is -0.465 e. The molecule has 0 saturated carbocycles. The molecule has 1 saturated heterocycles. The van der Waals surface area contributed by atoms with E-state index in [0.717, 1.165) is 31.4 Å². The summed E-state index contributed by atoms with van der Waals surface area (Å²) < 4.78 is 5.47. The van der Waals surface area contributed by atoms with Gasteiger partial charge >= 0.3 is 5.97 Å². The van der Waals surface area contributed by atoms with E-state index in [1.54, 1.807) is 0 Å². The van der Waals surface area contributed by atoms with Crippen LogP contribution in [-0.2, 0) is 19.1 Å². The summed E-state index contributed by atoms with van der Waals surface area (Å²) in [7, 11) is 0. The number of rotatable bonds is 14. The molecule has 2 amide bonds. The summed E-state index contributed by atoms with van der Waals surface area (Å²) in [5.74, 6) is -0.320. The van der Waals surface area contributed by atoms with Crippen molar-refractivity contribution >= 4 is 17.8 Å². The van der Waals surface area contributed by atoms with E-state index in [0.29, 0.717) is 38.5 Å². The molecule has 0 radical (unpaired) electrons. The third-order valence-corrected chi connectivity index (χ3v) is 6.78. The summed E-state index contributed by atoms with van der Waals surface area (Å²) in [5, 5.41) is 2.95. The van der Waals surface area contributed by atoms with Crippen molar-refractivity contribution in [1.29, 1.82) is 0 Å². The van der Waals surface area contributed by atoms with Crippen molar-refractivity contribution in [2.24, 2.45) is 17.3 Å². The predicted octanol–water partition coefficient (Wildman–Crippen LogP) is 4.98. The molecule has 0 unspecified atom stereocenters. The van der Waals surface area contributed by atoms with Gasteiger partial charge in [0.05, 0.1) is 6.61 Å². The smallest absolute Gasteiger partial charge is 0.318 e. The summed E-state index contributed by atoms with van der Waals surface area (Å²) in [6.45, 7) is 9.81. The van der Waals surface area contributed by atoms with Crippen LogP contribution in [0.5, 0.6) is 0 Å². The summed E-state index contributed by atoms with van der Waals surface area (Å²) in [6.07, 6.45) is 11.7. The number of amides is 2. The molecule has 1 fully saturated rings. The Hall–Kier alpha value is -1.85. The van der Waals surface area contributed by atoms with Crippen LogP contribution < -0.4 is 5.32 Å². The lowest BCUT2D eigenvalue weighted by Gasteiger charge is -2.44. The van der Waals surface area contributed by atoms with Crippen molar-refractivity contribution in [3.05, 3.63) is 11.8 Å². The van der Waals surface area contributed by atoms with Crippen LogP contribution in [0.25, 0.3) is 0 Å². The van der Waals surface area contributed by atoms with Crippen molar-refractivity contribution in [3.8, 4) is 0 Å². The van der Waals surface area contributed by atoms with Gasteiger partial charge in [-0.2, -0.15) is 0 Å². The molecule has 6 heteroatoms. The quantitative estimate of drug-likeness (QED) is 0.300. The highest BCUT2D eigenvalue weighted by Gasteiger charge is 2.55. The van der Waals surface area contributed by atoms with Gasteiger partial charge < -0.3 is 15.0 Å². The lowest BCUT2D eigenvalue weighted by molar-refractivity contribution is -0.160. The largest absolute Gasteiger partial charge is 0.465 e. The first-order chi connectivity index (χ1) is 15.4. The molecular formula is C26H44N2O4. The second kappa shape index (κ2) is 13.0. The molecule has 0 aromatic carbocycles. The average molecular weight is 449 g/mol. The number of esters is 1. The van der Waals surface area contributed by atoms with Gasteiger partial charge in [0.1, 0.15) is 5.41 Å². The van der Waals surface area contributed by atoms with Gasteiger partial charge in [0.15, 0.2) is 0 Å². The van der Waals surface area contributed by atoms with Gasteiger partial charge in [-0.05, 0) is 44.9 Å². The number of fused-ring (bicyclic) bond motifs is 1. The number of nitrogens with zero attached hydrogens (tertiary/aromatic N) is 1. The first kappa shape index (κ1) is 26.4. The Morgan fingerprint density at radius 2 is 1.91 bits per heavy atom. The van der Waals surface area contributed by atoms with Crippen LogP contribution >= 0.6 is 0 Å². The lowest BCUT2D eigenvalue weighted by Crippen LogP contribution is -2.52. The second-order valence-corrected chi connectivity index (χ2v) is 9.83. The third kappa shape index (κ3) is 6.82. The topological polar surface area (TPSA) is 75.7 Å². The molecule has 0 aromatic rings. The number of hydrogen-bond donors (Lipinski definition) is 1. The van der Waals surface area contributed by atoms with Crippen LogP contribution in [0.15, 0.2) is 11.8 Å². The Bertz CT molecular complexity index is 673. The van der Waals surface area contributed by atoms with Crippen molar-refractivity contribution < 1.29 is 19.1 Å². The van der Waals surface area contributed by atoms with Crippen LogP contribution in [0.1, 0.15) is 98.3 Å². The van der Waals surface area contributed by atoms with Gasteiger partial charge in [0, 0.05) is 31.1 Å². The molecule has 0 aromatic heterocycles. The maximum Gasteiger partial charge on any atom is 0.318 e. The van der Waals surface area contributed by atoms with Crippen LogP contribution in [0.3, 0.4) is 0 Å². The highest BCUT2D eigenvalue weighted by molar-refractivity contribution is 5.92. The van der Waals surface area contributed by atoms with Crippen LogP contribution in [0.2, 0.25) is 0 Å². The lowest BCUT2D eigenvalue weighted by atomic mass is 9.71. The third-order valence-electron chi connectivity index (χ3n) is 6.78. The van der Waals surface area contributed by atoms with Crippen molar-refractivity contribution in [3.63, 3.8) is 0 Å². The standard InChI is InChI=1S/C26H44N2O4/c1-5-7-8-9-10-11-17-28-22-13-12-15-26(22,25(31)32-6-2)19-21(24(28)30)18-23(29)27-16-14-20(3)4/h13,20-21H,5-12,14-19H2,1-4H3,(H,27,29)/t21-,26+/m1/s1. The number of unbranched alkanes of at least 4 members (excludes halogenated alkanes) is 5. The Morgan fingerprint density at radius 1 is 1.19 bits per heavy atom. The van der Waals surface area contributed by atoms with Gasteiger partial charge in [0.2, 0.25) is 11.8 Å². The molecule has 6 nitrogen and oxygen atoms in total. The number of carbonyl (C=O) groups is 3. The molecule has 2 rings (SSSR count). The number of likely N-dealkylation sites (tertiary alicyclic amines) is 1. The monoisotopic (exact) mass is 448 g/mol. The van der Waals surface area contributed by atoms with E-state index in [-0.39, 0.29) is 24.2 Å². The molecule has 2 aliphatic rings.